The summed E-state index contributed by atoms with van der Waals surface area (Å²) in [5, 5.41) is 9.19. The summed E-state index contributed by atoms with van der Waals surface area (Å²) in [6.07, 6.45) is 0.421. The number of benzene rings is 2. The lowest BCUT2D eigenvalue weighted by Crippen LogP contribution is -2.28. The molecule has 7 heteroatoms. The molecule has 0 saturated carbocycles. The predicted octanol–water partition coefficient (Wildman–Crippen LogP) is 3.12. The van der Waals surface area contributed by atoms with Crippen LogP contribution in [0.5, 0.6) is 5.75 Å². The number of imide groups is 1. The van der Waals surface area contributed by atoms with E-state index < -0.39 is 23.6 Å². The Bertz CT molecular complexity index is 875. The average Bonchev–Trinajstić information content (AvgIpc) is 2.85. The molecule has 1 aliphatic rings. The standard InChI is InChI=1S/C18H15FN2O4/c1-20(2)12-4-6-13(7-5-12)21-17(23)16(25-18(21)24)10-11-3-8-15(22)14(19)9-11/h3-10,22H,1-2H3/b16-10+. The van der Waals surface area contributed by atoms with Gasteiger partial charge in [-0.25, -0.2) is 14.1 Å². The maximum absolute atomic E-state index is 13.4. The van der Waals surface area contributed by atoms with Gasteiger partial charge in [-0.1, -0.05) is 6.07 Å². The number of anilines is 2. The number of phenols is 1. The first-order valence-corrected chi connectivity index (χ1v) is 7.40. The number of hydrogen-bond donors (Lipinski definition) is 1. The Morgan fingerprint density at radius 1 is 1.12 bits per heavy atom. The number of phenolic OH excluding ortho intramolecular Hbond substituents is 1. The Hall–Kier alpha value is -3.35. The van der Waals surface area contributed by atoms with E-state index in [9.17, 15) is 19.1 Å². The lowest BCUT2D eigenvalue weighted by molar-refractivity contribution is -0.114. The van der Waals surface area contributed by atoms with E-state index >= 15 is 0 Å². The van der Waals surface area contributed by atoms with Crippen molar-refractivity contribution in [1.29, 1.82) is 0 Å². The summed E-state index contributed by atoms with van der Waals surface area (Å²) in [4.78, 5) is 27.3. The molecule has 6 nitrogen and oxygen atoms in total. The molecule has 2 aromatic carbocycles. The van der Waals surface area contributed by atoms with Gasteiger partial charge in [-0.05, 0) is 48.0 Å². The van der Waals surface area contributed by atoms with Crippen LogP contribution in [0.4, 0.5) is 20.6 Å². The third-order valence-corrected chi connectivity index (χ3v) is 3.69. The summed E-state index contributed by atoms with van der Waals surface area (Å²) in [7, 11) is 3.75. The number of rotatable bonds is 3. The molecular formula is C18H15FN2O4. The fourth-order valence-electron chi connectivity index (χ4n) is 2.35. The van der Waals surface area contributed by atoms with E-state index in [1.54, 1.807) is 24.3 Å². The van der Waals surface area contributed by atoms with Gasteiger partial charge < -0.3 is 14.7 Å². The van der Waals surface area contributed by atoms with Crippen molar-refractivity contribution in [2.75, 3.05) is 23.9 Å². The Morgan fingerprint density at radius 2 is 1.80 bits per heavy atom. The first-order chi connectivity index (χ1) is 11.9. The van der Waals surface area contributed by atoms with E-state index in [4.69, 9.17) is 4.74 Å². The summed E-state index contributed by atoms with van der Waals surface area (Å²) in [5.74, 6) is -2.19. The third-order valence-electron chi connectivity index (χ3n) is 3.69. The second kappa shape index (κ2) is 6.27. The van der Waals surface area contributed by atoms with Gasteiger partial charge in [0.05, 0.1) is 5.69 Å². The molecule has 0 aliphatic carbocycles. The van der Waals surface area contributed by atoms with Gasteiger partial charge >= 0.3 is 12.0 Å². The lowest BCUT2D eigenvalue weighted by atomic mass is 10.2. The quantitative estimate of drug-likeness (QED) is 0.868. The first kappa shape index (κ1) is 16.5. The molecule has 1 saturated heterocycles. The maximum Gasteiger partial charge on any atom is 0.427 e. The zero-order valence-corrected chi connectivity index (χ0v) is 13.6. The minimum atomic E-state index is -0.831. The molecule has 1 fully saturated rings. The average molecular weight is 342 g/mol. The van der Waals surface area contributed by atoms with Gasteiger partial charge in [-0.3, -0.25) is 4.79 Å². The number of carbonyl (C=O) groups excluding carboxylic acids is 2. The van der Waals surface area contributed by atoms with Gasteiger partial charge in [-0.2, -0.15) is 0 Å². The summed E-state index contributed by atoms with van der Waals surface area (Å²) >= 11 is 0. The molecule has 1 N–H and O–H groups in total. The monoisotopic (exact) mass is 342 g/mol. The summed E-state index contributed by atoms with van der Waals surface area (Å²) in [6, 6.07) is 10.4. The zero-order valence-electron chi connectivity index (χ0n) is 13.6. The number of cyclic esters (lactones) is 1. The van der Waals surface area contributed by atoms with Gasteiger partial charge in [0.2, 0.25) is 0 Å². The van der Waals surface area contributed by atoms with E-state index in [1.165, 1.54) is 12.1 Å². The molecule has 3 rings (SSSR count). The van der Waals surface area contributed by atoms with Gasteiger partial charge in [0.25, 0.3) is 0 Å². The van der Waals surface area contributed by atoms with Crippen molar-refractivity contribution in [3.63, 3.8) is 0 Å². The van der Waals surface area contributed by atoms with E-state index in [1.807, 2.05) is 19.0 Å². The van der Waals surface area contributed by atoms with Crippen molar-refractivity contribution in [1.82, 2.24) is 0 Å². The highest BCUT2D eigenvalue weighted by atomic mass is 19.1. The van der Waals surface area contributed by atoms with Gasteiger partial charge in [-0.15, -0.1) is 0 Å². The topological polar surface area (TPSA) is 70.1 Å². The zero-order chi connectivity index (χ0) is 18.1. The molecule has 1 heterocycles. The fourth-order valence-corrected chi connectivity index (χ4v) is 2.35. The van der Waals surface area contributed by atoms with Gasteiger partial charge in [0.15, 0.2) is 17.3 Å². The van der Waals surface area contributed by atoms with Crippen LogP contribution in [0.25, 0.3) is 6.08 Å². The van der Waals surface area contributed by atoms with Crippen molar-refractivity contribution >= 4 is 29.5 Å². The molecular weight excluding hydrogens is 327 g/mol. The number of amides is 2. The van der Waals surface area contributed by atoms with Crippen LogP contribution in [0, 0.1) is 5.82 Å². The smallest absolute Gasteiger partial charge is 0.427 e. The summed E-state index contributed by atoms with van der Waals surface area (Å²) in [6.45, 7) is 0. The summed E-state index contributed by atoms with van der Waals surface area (Å²) in [5.41, 5.74) is 1.58. The largest absolute Gasteiger partial charge is 0.505 e. The number of aromatic hydroxyl groups is 1. The van der Waals surface area contributed by atoms with Crippen LogP contribution < -0.4 is 9.80 Å². The Balaban J connectivity index is 1.89. The van der Waals surface area contributed by atoms with Crippen LogP contribution in [-0.4, -0.2) is 31.2 Å². The highest BCUT2D eigenvalue weighted by Crippen LogP contribution is 2.28. The van der Waals surface area contributed by atoms with E-state index in [0.717, 1.165) is 22.7 Å². The van der Waals surface area contributed by atoms with Crippen LogP contribution in [-0.2, 0) is 9.53 Å². The molecule has 0 radical (unpaired) electrons. The van der Waals surface area contributed by atoms with Gasteiger partial charge in [0, 0.05) is 19.8 Å². The van der Waals surface area contributed by atoms with Crippen molar-refractivity contribution in [3.8, 4) is 5.75 Å². The number of hydrogen-bond acceptors (Lipinski definition) is 5. The first-order valence-electron chi connectivity index (χ1n) is 7.40. The predicted molar refractivity (Wildman–Crippen MR) is 90.8 cm³/mol. The highest BCUT2D eigenvalue weighted by Gasteiger charge is 2.37. The van der Waals surface area contributed by atoms with Crippen molar-refractivity contribution in [2.45, 2.75) is 0 Å². The summed E-state index contributed by atoms with van der Waals surface area (Å²) < 4.78 is 18.4. The van der Waals surface area contributed by atoms with E-state index in [-0.39, 0.29) is 11.3 Å². The second-order valence-corrected chi connectivity index (χ2v) is 5.64. The minimum absolute atomic E-state index is 0.216. The molecule has 0 aromatic heterocycles. The molecule has 128 valence electrons. The Labute approximate surface area is 143 Å². The van der Waals surface area contributed by atoms with Crippen molar-refractivity contribution in [3.05, 3.63) is 59.6 Å². The van der Waals surface area contributed by atoms with E-state index in [2.05, 4.69) is 0 Å². The molecule has 0 spiro atoms. The molecule has 2 aromatic rings. The van der Waals surface area contributed by atoms with Crippen LogP contribution in [0.15, 0.2) is 48.2 Å². The van der Waals surface area contributed by atoms with Crippen LogP contribution >= 0.6 is 0 Å². The number of ether oxygens (including phenoxy) is 1. The van der Waals surface area contributed by atoms with Crippen molar-refractivity contribution < 1.29 is 23.8 Å². The SMILES string of the molecule is CN(C)c1ccc(N2C(=O)O/C(=C/c3ccc(O)c(F)c3)C2=O)cc1. The maximum atomic E-state index is 13.4. The van der Waals surface area contributed by atoms with Gasteiger partial charge in [0.1, 0.15) is 0 Å². The van der Waals surface area contributed by atoms with Crippen molar-refractivity contribution in [2.24, 2.45) is 0 Å². The molecule has 2 amide bonds. The lowest BCUT2D eigenvalue weighted by Gasteiger charge is -2.15. The second-order valence-electron chi connectivity index (χ2n) is 5.64. The highest BCUT2D eigenvalue weighted by molar-refractivity contribution is 6.24. The van der Waals surface area contributed by atoms with Crippen LogP contribution in [0.3, 0.4) is 0 Å². The third kappa shape index (κ3) is 3.16. The molecule has 1 aliphatic heterocycles. The molecule has 0 unspecified atom stereocenters. The molecule has 25 heavy (non-hydrogen) atoms. The number of carbonyl (C=O) groups is 2. The van der Waals surface area contributed by atoms with E-state index in [0.29, 0.717) is 5.69 Å². The number of nitrogens with zero attached hydrogens (tertiary/aromatic N) is 2. The minimum Gasteiger partial charge on any atom is -0.505 e. The van der Waals surface area contributed by atoms with Crippen LogP contribution in [0.2, 0.25) is 0 Å². The molecule has 0 atom stereocenters. The fraction of sp³-hybridized carbons (Fsp3) is 0.111. The number of halogens is 1. The normalized spacial score (nSPS) is 15.6. The molecule has 0 bridgehead atoms. The Kier molecular flexibility index (Phi) is 4.14. The van der Waals surface area contributed by atoms with Crippen LogP contribution in [0.1, 0.15) is 5.56 Å². The Morgan fingerprint density at radius 3 is 2.40 bits per heavy atom.